The first kappa shape index (κ1) is 20.8. The van der Waals surface area contributed by atoms with Crippen molar-refractivity contribution < 1.29 is 9.53 Å². The minimum Gasteiger partial charge on any atom is -0.370 e. The van der Waals surface area contributed by atoms with E-state index in [4.69, 9.17) is 4.74 Å². The highest BCUT2D eigenvalue weighted by atomic mass is 16.5. The maximum absolute atomic E-state index is 12.6. The molecule has 0 bridgehead atoms. The highest BCUT2D eigenvalue weighted by Gasteiger charge is 2.42. The van der Waals surface area contributed by atoms with Gasteiger partial charge in [-0.25, -0.2) is 0 Å². The fraction of sp³-hybridized carbons (Fsp3) is 0.400. The van der Waals surface area contributed by atoms with E-state index in [2.05, 4.69) is 31.5 Å². The van der Waals surface area contributed by atoms with Gasteiger partial charge in [-0.05, 0) is 43.9 Å². The van der Waals surface area contributed by atoms with E-state index in [1.807, 2.05) is 48.7 Å². The second-order valence-corrected chi connectivity index (χ2v) is 8.80. The van der Waals surface area contributed by atoms with Crippen molar-refractivity contribution in [2.75, 3.05) is 19.6 Å². The van der Waals surface area contributed by atoms with Gasteiger partial charge in [0.2, 0.25) is 0 Å². The number of carbonyl (C=O) groups excluding carboxylic acids is 1. The fourth-order valence-corrected chi connectivity index (χ4v) is 4.74. The summed E-state index contributed by atoms with van der Waals surface area (Å²) in [6, 6.07) is 17.7. The summed E-state index contributed by atoms with van der Waals surface area (Å²) < 4.78 is 6.47. The predicted octanol–water partition coefficient (Wildman–Crippen LogP) is 3.42. The Bertz CT molecular complexity index is 1030. The maximum atomic E-state index is 12.6. The molecule has 2 N–H and O–H groups in total. The first-order valence-electron chi connectivity index (χ1n) is 11.4. The van der Waals surface area contributed by atoms with Crippen molar-refractivity contribution in [3.63, 3.8) is 0 Å². The fourth-order valence-electron chi connectivity index (χ4n) is 4.74. The lowest BCUT2D eigenvalue weighted by atomic mass is 9.88. The van der Waals surface area contributed by atoms with Crippen molar-refractivity contribution in [1.82, 2.24) is 25.4 Å². The molecule has 0 radical (unpaired) electrons. The van der Waals surface area contributed by atoms with E-state index in [1.54, 1.807) is 6.07 Å². The monoisotopic (exact) mass is 431 g/mol. The lowest BCUT2D eigenvalue weighted by molar-refractivity contribution is -0.0765. The number of carbonyl (C=O) groups is 1. The molecule has 0 aliphatic carbocycles. The summed E-state index contributed by atoms with van der Waals surface area (Å²) in [6.45, 7) is 3.46. The highest BCUT2D eigenvalue weighted by molar-refractivity contribution is 5.93. The van der Waals surface area contributed by atoms with E-state index >= 15 is 0 Å². The van der Waals surface area contributed by atoms with Crippen molar-refractivity contribution in [1.29, 1.82) is 0 Å². The average Bonchev–Trinajstić information content (AvgIpc) is 3.49. The summed E-state index contributed by atoms with van der Waals surface area (Å²) in [5.41, 5.74) is 3.30. The lowest BCUT2D eigenvalue weighted by Crippen LogP contribution is -2.45. The van der Waals surface area contributed by atoms with Crippen molar-refractivity contribution in [3.05, 3.63) is 72.2 Å². The molecule has 7 heteroatoms. The third-order valence-corrected chi connectivity index (χ3v) is 6.60. The molecule has 2 aliphatic rings. The Kier molecular flexibility index (Phi) is 6.01. The number of piperidine rings is 1. The van der Waals surface area contributed by atoms with Crippen molar-refractivity contribution >= 4 is 5.91 Å². The SMILES string of the molecule is O=C(NCC1CCC2(CCN(Cc3ccccn3)CC2)O1)c1cc(-c2ccccc2)n[nH]1. The van der Waals surface area contributed by atoms with Crippen LogP contribution in [0.1, 0.15) is 41.9 Å². The van der Waals surface area contributed by atoms with Crippen LogP contribution in [-0.2, 0) is 11.3 Å². The van der Waals surface area contributed by atoms with E-state index in [-0.39, 0.29) is 17.6 Å². The molecule has 4 heterocycles. The van der Waals surface area contributed by atoms with Crippen LogP contribution in [0.2, 0.25) is 0 Å². The zero-order valence-corrected chi connectivity index (χ0v) is 18.2. The molecule has 1 spiro atoms. The highest BCUT2D eigenvalue weighted by Crippen LogP contribution is 2.39. The zero-order valence-electron chi connectivity index (χ0n) is 18.2. The van der Waals surface area contributed by atoms with Gasteiger partial charge in [0, 0.05) is 37.9 Å². The lowest BCUT2D eigenvalue weighted by Gasteiger charge is -2.39. The number of ether oxygens (including phenoxy) is 1. The van der Waals surface area contributed by atoms with Gasteiger partial charge in [-0.15, -0.1) is 0 Å². The molecule has 1 aromatic carbocycles. The van der Waals surface area contributed by atoms with Crippen LogP contribution in [0.25, 0.3) is 11.3 Å². The van der Waals surface area contributed by atoms with Crippen LogP contribution in [0.15, 0.2) is 60.8 Å². The number of hydrogen-bond donors (Lipinski definition) is 2. The van der Waals surface area contributed by atoms with Crippen molar-refractivity contribution in [3.8, 4) is 11.3 Å². The van der Waals surface area contributed by atoms with E-state index < -0.39 is 0 Å². The molecule has 2 aromatic heterocycles. The number of likely N-dealkylation sites (tertiary alicyclic amines) is 1. The molecule has 0 saturated carbocycles. The molecule has 2 saturated heterocycles. The Balaban J connectivity index is 1.09. The number of H-pyrrole nitrogens is 1. The van der Waals surface area contributed by atoms with Crippen LogP contribution in [0.4, 0.5) is 0 Å². The molecule has 166 valence electrons. The minimum absolute atomic E-state index is 0.0372. The summed E-state index contributed by atoms with van der Waals surface area (Å²) in [7, 11) is 0. The topological polar surface area (TPSA) is 83.1 Å². The molecular weight excluding hydrogens is 402 g/mol. The Morgan fingerprint density at radius 1 is 1.12 bits per heavy atom. The molecule has 1 unspecified atom stereocenters. The number of aromatic amines is 1. The van der Waals surface area contributed by atoms with E-state index in [0.29, 0.717) is 12.2 Å². The molecule has 7 nitrogen and oxygen atoms in total. The number of pyridine rings is 1. The van der Waals surface area contributed by atoms with E-state index in [9.17, 15) is 4.79 Å². The quantitative estimate of drug-likeness (QED) is 0.625. The minimum atomic E-state index is -0.144. The molecule has 1 atom stereocenters. The summed E-state index contributed by atoms with van der Waals surface area (Å²) in [5, 5.41) is 10.1. The van der Waals surface area contributed by atoms with Gasteiger partial charge in [-0.2, -0.15) is 5.10 Å². The number of hydrogen-bond acceptors (Lipinski definition) is 5. The molecule has 32 heavy (non-hydrogen) atoms. The predicted molar refractivity (Wildman–Crippen MR) is 122 cm³/mol. The number of nitrogens with zero attached hydrogens (tertiary/aromatic N) is 3. The van der Waals surface area contributed by atoms with Crippen molar-refractivity contribution in [2.24, 2.45) is 0 Å². The summed E-state index contributed by atoms with van der Waals surface area (Å²) in [6.07, 6.45) is 6.03. The van der Waals surface area contributed by atoms with Crippen LogP contribution in [0, 0.1) is 0 Å². The Morgan fingerprint density at radius 2 is 1.94 bits per heavy atom. The second-order valence-electron chi connectivity index (χ2n) is 8.80. The first-order valence-corrected chi connectivity index (χ1v) is 11.4. The molecule has 2 aliphatic heterocycles. The summed E-state index contributed by atoms with van der Waals surface area (Å²) >= 11 is 0. The zero-order chi connectivity index (χ0) is 21.8. The third kappa shape index (κ3) is 4.74. The largest absolute Gasteiger partial charge is 0.370 e. The van der Waals surface area contributed by atoms with Crippen molar-refractivity contribution in [2.45, 2.75) is 43.9 Å². The summed E-state index contributed by atoms with van der Waals surface area (Å²) in [5.74, 6) is -0.144. The van der Waals surface area contributed by atoms with Crippen LogP contribution < -0.4 is 5.32 Å². The van der Waals surface area contributed by atoms with Gasteiger partial charge in [-0.3, -0.25) is 19.8 Å². The normalized spacial score (nSPS) is 20.4. The van der Waals surface area contributed by atoms with Crippen LogP contribution in [0.3, 0.4) is 0 Å². The molecule has 2 fully saturated rings. The van der Waals surface area contributed by atoms with Gasteiger partial charge in [0.1, 0.15) is 5.69 Å². The molecule has 1 amide bonds. The molecular formula is C25H29N5O2. The van der Waals surface area contributed by atoms with Crippen LogP contribution >= 0.6 is 0 Å². The van der Waals surface area contributed by atoms with Gasteiger partial charge in [0.15, 0.2) is 0 Å². The van der Waals surface area contributed by atoms with E-state index in [0.717, 1.165) is 62.3 Å². The first-order chi connectivity index (χ1) is 15.7. The Hall–Kier alpha value is -3.03. The molecule has 5 rings (SSSR count). The smallest absolute Gasteiger partial charge is 0.269 e. The van der Waals surface area contributed by atoms with Gasteiger partial charge >= 0.3 is 0 Å². The Morgan fingerprint density at radius 3 is 2.72 bits per heavy atom. The standard InChI is InChI=1S/C25H29N5O2/c31-24(23-16-22(28-29-23)19-6-2-1-3-7-19)27-17-21-9-10-25(32-21)11-14-30(15-12-25)18-20-8-4-5-13-26-20/h1-8,13,16,21H,9-12,14-15,17-18H2,(H,27,31)(H,28,29). The number of rotatable bonds is 6. The third-order valence-electron chi connectivity index (χ3n) is 6.60. The van der Waals surface area contributed by atoms with Gasteiger partial charge in [0.05, 0.1) is 23.1 Å². The average molecular weight is 432 g/mol. The second kappa shape index (κ2) is 9.22. The number of nitrogens with one attached hydrogen (secondary N) is 2. The van der Waals surface area contributed by atoms with E-state index in [1.165, 1.54) is 0 Å². The van der Waals surface area contributed by atoms with Gasteiger partial charge in [0.25, 0.3) is 5.91 Å². The van der Waals surface area contributed by atoms with Crippen LogP contribution in [0.5, 0.6) is 0 Å². The number of aromatic nitrogens is 3. The van der Waals surface area contributed by atoms with Crippen LogP contribution in [-0.4, -0.2) is 57.3 Å². The maximum Gasteiger partial charge on any atom is 0.269 e. The number of benzene rings is 1. The summed E-state index contributed by atoms with van der Waals surface area (Å²) in [4.78, 5) is 19.5. The molecule has 3 aromatic rings. The van der Waals surface area contributed by atoms with Gasteiger partial charge in [-0.1, -0.05) is 36.4 Å². The number of amides is 1. The van der Waals surface area contributed by atoms with Gasteiger partial charge < -0.3 is 10.1 Å². The Labute approximate surface area is 188 Å².